The molecule has 0 bridgehead atoms. The van der Waals surface area contributed by atoms with E-state index in [1.54, 1.807) is 37.3 Å². The number of anilines is 2. The molecule has 0 aromatic heterocycles. The topological polar surface area (TPSA) is 76.7 Å². The second-order valence-corrected chi connectivity index (χ2v) is 5.11. The number of para-hydroxylation sites is 1. The molecule has 0 saturated carbocycles. The monoisotopic (exact) mass is 312 g/mol. The Morgan fingerprint density at radius 3 is 2.83 bits per heavy atom. The van der Waals surface area contributed by atoms with E-state index in [9.17, 15) is 9.59 Å². The number of amides is 2. The Balaban J connectivity index is 1.65. The van der Waals surface area contributed by atoms with Crippen molar-refractivity contribution in [3.63, 3.8) is 0 Å². The molecule has 0 saturated heterocycles. The van der Waals surface area contributed by atoms with E-state index in [1.807, 2.05) is 18.2 Å². The van der Waals surface area contributed by atoms with Gasteiger partial charge >= 0.3 is 0 Å². The molecule has 0 radical (unpaired) electrons. The molecule has 1 heterocycles. The Morgan fingerprint density at radius 1 is 1.26 bits per heavy atom. The lowest BCUT2D eigenvalue weighted by molar-refractivity contribution is -0.122. The van der Waals surface area contributed by atoms with E-state index in [0.29, 0.717) is 22.9 Å². The smallest absolute Gasteiger partial charge is 0.265 e. The fourth-order valence-electron chi connectivity index (χ4n) is 2.16. The molecule has 2 aromatic rings. The van der Waals surface area contributed by atoms with Crippen LogP contribution in [0, 0.1) is 0 Å². The van der Waals surface area contributed by atoms with Crippen molar-refractivity contribution in [2.75, 3.05) is 17.2 Å². The van der Waals surface area contributed by atoms with E-state index in [2.05, 4.69) is 10.6 Å². The zero-order valence-electron chi connectivity index (χ0n) is 12.5. The van der Waals surface area contributed by atoms with Gasteiger partial charge in [0.05, 0.1) is 5.69 Å². The van der Waals surface area contributed by atoms with Crippen molar-refractivity contribution in [1.29, 1.82) is 0 Å². The lowest BCUT2D eigenvalue weighted by Crippen LogP contribution is -2.30. The highest BCUT2D eigenvalue weighted by Crippen LogP contribution is 2.30. The van der Waals surface area contributed by atoms with Crippen LogP contribution in [0.4, 0.5) is 11.4 Å². The highest BCUT2D eigenvalue weighted by atomic mass is 16.5. The third-order valence-electron chi connectivity index (χ3n) is 3.31. The summed E-state index contributed by atoms with van der Waals surface area (Å²) in [7, 11) is 0. The summed E-state index contributed by atoms with van der Waals surface area (Å²) in [5.41, 5.74) is 1.10. The second kappa shape index (κ2) is 6.39. The first-order valence-electron chi connectivity index (χ1n) is 7.21. The standard InChI is InChI=1S/C17H16N2O4/c1-11(23-13-5-3-2-4-6-13)17(21)18-12-7-8-15-14(9-12)19-16(20)10-22-15/h2-9,11H,10H2,1H3,(H,18,21)(H,19,20). The fourth-order valence-corrected chi connectivity index (χ4v) is 2.16. The zero-order chi connectivity index (χ0) is 16.2. The van der Waals surface area contributed by atoms with Gasteiger partial charge in [0.1, 0.15) is 11.5 Å². The van der Waals surface area contributed by atoms with Crippen molar-refractivity contribution < 1.29 is 19.1 Å². The Bertz CT molecular complexity index is 731. The Kier molecular flexibility index (Phi) is 4.14. The van der Waals surface area contributed by atoms with E-state index in [-0.39, 0.29) is 18.4 Å². The maximum Gasteiger partial charge on any atom is 0.265 e. The van der Waals surface area contributed by atoms with Crippen LogP contribution in [0.1, 0.15) is 6.92 Å². The average Bonchev–Trinajstić information content (AvgIpc) is 2.55. The van der Waals surface area contributed by atoms with Crippen molar-refractivity contribution >= 4 is 23.2 Å². The number of fused-ring (bicyclic) bond motifs is 1. The average molecular weight is 312 g/mol. The minimum absolute atomic E-state index is 0.000650. The van der Waals surface area contributed by atoms with Crippen LogP contribution in [0.15, 0.2) is 48.5 Å². The number of carbonyl (C=O) groups excluding carboxylic acids is 2. The largest absolute Gasteiger partial charge is 0.482 e. The van der Waals surface area contributed by atoms with E-state index in [0.717, 1.165) is 0 Å². The van der Waals surface area contributed by atoms with Crippen molar-refractivity contribution in [2.45, 2.75) is 13.0 Å². The minimum Gasteiger partial charge on any atom is -0.482 e. The highest BCUT2D eigenvalue weighted by molar-refractivity contribution is 5.98. The van der Waals surface area contributed by atoms with Gasteiger partial charge in [-0.05, 0) is 37.3 Å². The minimum atomic E-state index is -0.653. The summed E-state index contributed by atoms with van der Waals surface area (Å²) in [5, 5.41) is 5.45. The number of benzene rings is 2. The molecule has 6 nitrogen and oxygen atoms in total. The lowest BCUT2D eigenvalue weighted by Gasteiger charge is -2.19. The summed E-state index contributed by atoms with van der Waals surface area (Å²) in [6.45, 7) is 1.67. The molecule has 2 amide bonds. The molecule has 23 heavy (non-hydrogen) atoms. The molecule has 0 aliphatic carbocycles. The maximum atomic E-state index is 12.2. The lowest BCUT2D eigenvalue weighted by atomic mass is 10.2. The van der Waals surface area contributed by atoms with Crippen molar-refractivity contribution in [2.24, 2.45) is 0 Å². The number of hydrogen-bond acceptors (Lipinski definition) is 4. The first-order chi connectivity index (χ1) is 11.1. The summed E-state index contributed by atoms with van der Waals surface area (Å²) in [6, 6.07) is 14.2. The Hall–Kier alpha value is -3.02. The van der Waals surface area contributed by atoms with Gasteiger partial charge in [0.15, 0.2) is 12.7 Å². The predicted octanol–water partition coefficient (Wildman–Crippen LogP) is 2.42. The summed E-state index contributed by atoms with van der Waals surface area (Å²) < 4.78 is 10.8. The third-order valence-corrected chi connectivity index (χ3v) is 3.31. The molecule has 2 N–H and O–H groups in total. The number of nitrogens with one attached hydrogen (secondary N) is 2. The number of carbonyl (C=O) groups is 2. The van der Waals surface area contributed by atoms with Crippen LogP contribution in [-0.2, 0) is 9.59 Å². The van der Waals surface area contributed by atoms with E-state index < -0.39 is 6.10 Å². The fraction of sp³-hybridized carbons (Fsp3) is 0.176. The van der Waals surface area contributed by atoms with Gasteiger partial charge in [0.2, 0.25) is 0 Å². The van der Waals surface area contributed by atoms with Crippen LogP contribution < -0.4 is 20.1 Å². The molecular formula is C17H16N2O4. The van der Waals surface area contributed by atoms with Crippen molar-refractivity contribution in [1.82, 2.24) is 0 Å². The molecule has 6 heteroatoms. The Morgan fingerprint density at radius 2 is 2.04 bits per heavy atom. The molecule has 1 unspecified atom stereocenters. The van der Waals surface area contributed by atoms with Gasteiger partial charge in [0, 0.05) is 5.69 Å². The normalized spacial score (nSPS) is 14.0. The second-order valence-electron chi connectivity index (χ2n) is 5.11. The quantitative estimate of drug-likeness (QED) is 0.909. The van der Waals surface area contributed by atoms with Gasteiger partial charge in [-0.3, -0.25) is 9.59 Å². The molecule has 1 atom stereocenters. The van der Waals surface area contributed by atoms with Gasteiger partial charge < -0.3 is 20.1 Å². The summed E-state index contributed by atoms with van der Waals surface area (Å²) >= 11 is 0. The van der Waals surface area contributed by atoms with Crippen molar-refractivity contribution in [3.8, 4) is 11.5 Å². The summed E-state index contributed by atoms with van der Waals surface area (Å²) in [6.07, 6.45) is -0.653. The number of hydrogen-bond donors (Lipinski definition) is 2. The zero-order valence-corrected chi connectivity index (χ0v) is 12.5. The van der Waals surface area contributed by atoms with Crippen LogP contribution in [0.25, 0.3) is 0 Å². The number of ether oxygens (including phenoxy) is 2. The Labute approximate surface area is 133 Å². The van der Waals surface area contributed by atoms with Crippen LogP contribution in [0.5, 0.6) is 11.5 Å². The van der Waals surface area contributed by atoms with Crippen molar-refractivity contribution in [3.05, 3.63) is 48.5 Å². The molecule has 1 aliphatic rings. The summed E-state index contributed by atoms with van der Waals surface area (Å²) in [4.78, 5) is 23.5. The van der Waals surface area contributed by atoms with Gasteiger partial charge in [-0.15, -0.1) is 0 Å². The molecule has 118 valence electrons. The third kappa shape index (κ3) is 3.60. The van der Waals surface area contributed by atoms with Crippen LogP contribution in [0.2, 0.25) is 0 Å². The predicted molar refractivity (Wildman–Crippen MR) is 85.7 cm³/mol. The van der Waals surface area contributed by atoms with Gasteiger partial charge in [0.25, 0.3) is 11.8 Å². The van der Waals surface area contributed by atoms with Crippen LogP contribution in [0.3, 0.4) is 0 Å². The summed E-state index contributed by atoms with van der Waals surface area (Å²) in [5.74, 6) is 0.705. The van der Waals surface area contributed by atoms with Crippen LogP contribution >= 0.6 is 0 Å². The molecular weight excluding hydrogens is 296 g/mol. The molecule has 1 aliphatic heterocycles. The van der Waals surface area contributed by atoms with Gasteiger partial charge in [-0.25, -0.2) is 0 Å². The SMILES string of the molecule is CC(Oc1ccccc1)C(=O)Nc1ccc2c(c1)NC(=O)CO2. The first-order valence-corrected chi connectivity index (χ1v) is 7.21. The molecule has 3 rings (SSSR count). The van der Waals surface area contributed by atoms with Gasteiger partial charge in [-0.1, -0.05) is 18.2 Å². The molecule has 0 spiro atoms. The maximum absolute atomic E-state index is 12.2. The highest BCUT2D eigenvalue weighted by Gasteiger charge is 2.18. The van der Waals surface area contributed by atoms with E-state index >= 15 is 0 Å². The molecule has 2 aromatic carbocycles. The number of rotatable bonds is 4. The first kappa shape index (κ1) is 14.9. The van der Waals surface area contributed by atoms with Gasteiger partial charge in [-0.2, -0.15) is 0 Å². The van der Waals surface area contributed by atoms with Crippen LogP contribution in [-0.4, -0.2) is 24.5 Å². The van der Waals surface area contributed by atoms with E-state index in [4.69, 9.17) is 9.47 Å². The molecule has 0 fully saturated rings. The van der Waals surface area contributed by atoms with E-state index in [1.165, 1.54) is 0 Å².